The van der Waals surface area contributed by atoms with Gasteiger partial charge in [-0.3, -0.25) is 0 Å². The molecule has 0 aliphatic carbocycles. The van der Waals surface area contributed by atoms with Crippen molar-refractivity contribution in [1.29, 1.82) is 0 Å². The molecule has 0 aliphatic heterocycles. The molecule has 4 rings (SSSR count). The number of nitrogens with one attached hydrogen (secondary N) is 4. The van der Waals surface area contributed by atoms with Gasteiger partial charge in [0.25, 0.3) is 0 Å². The molecule has 0 amide bonds. The molecule has 22 heavy (non-hydrogen) atoms. The molecule has 0 fully saturated rings. The van der Waals surface area contributed by atoms with E-state index in [9.17, 15) is 0 Å². The first-order chi connectivity index (χ1) is 10.9. The molecule has 4 N–H and O–H groups in total. The third-order valence-electron chi connectivity index (χ3n) is 2.55. The summed E-state index contributed by atoms with van der Waals surface area (Å²) in [6.45, 7) is 0. The van der Waals surface area contributed by atoms with Crippen molar-refractivity contribution < 1.29 is 0 Å². The molecule has 0 atom stereocenters. The van der Waals surface area contributed by atoms with E-state index in [4.69, 9.17) is 0 Å². The molecule has 0 saturated heterocycles. The van der Waals surface area contributed by atoms with Gasteiger partial charge in [0.05, 0.1) is 12.4 Å². The van der Waals surface area contributed by atoms with Gasteiger partial charge in [-0.1, -0.05) is 0 Å². The predicted molar refractivity (Wildman–Crippen MR) is 75.2 cm³/mol. The van der Waals surface area contributed by atoms with Crippen LogP contribution in [0, 0.1) is 0 Å². The van der Waals surface area contributed by atoms with Crippen LogP contribution in [0.15, 0.2) is 22.4 Å². The molecule has 0 unspecified atom stereocenters. The summed E-state index contributed by atoms with van der Waals surface area (Å²) >= 11 is 0. The minimum atomic E-state index is 0.605. The van der Waals surface area contributed by atoms with Crippen LogP contribution in [0.3, 0.4) is 0 Å². The highest BCUT2D eigenvalue weighted by Gasteiger charge is 2.18. The zero-order valence-corrected chi connectivity index (χ0v) is 12.2. The lowest BCUT2D eigenvalue weighted by molar-refractivity contribution is 0.910. The van der Waals surface area contributed by atoms with Gasteiger partial charge in [-0.2, -0.15) is 51.4 Å². The normalized spacial score (nSPS) is 11.1. The number of H-pyrrole nitrogens is 4. The van der Waals surface area contributed by atoms with E-state index >= 15 is 0 Å². The Bertz CT molecular complexity index is 773. The van der Waals surface area contributed by atoms with Gasteiger partial charge in [0.1, 0.15) is 22.8 Å². The van der Waals surface area contributed by atoms with Crippen molar-refractivity contribution in [3.8, 4) is 22.8 Å². The molecule has 0 spiro atoms. The highest BCUT2D eigenvalue weighted by atomic mass is 33.1. The fraction of sp³-hybridized carbons (Fsp3) is 0. The van der Waals surface area contributed by atoms with Crippen LogP contribution >= 0.6 is 21.6 Å². The second-order valence-corrected chi connectivity index (χ2v) is 5.94. The molecule has 4 aromatic heterocycles. The maximum absolute atomic E-state index is 4.10. The molecular formula is C8H6N12S2. The quantitative estimate of drug-likeness (QED) is 0.372. The lowest BCUT2D eigenvalue weighted by Crippen LogP contribution is -1.82. The summed E-state index contributed by atoms with van der Waals surface area (Å²) in [5, 5.41) is 43.4. The monoisotopic (exact) mass is 334 g/mol. The second-order valence-electron chi connectivity index (χ2n) is 3.83. The summed E-state index contributed by atoms with van der Waals surface area (Å²) in [5.74, 6) is 0. The van der Waals surface area contributed by atoms with Gasteiger partial charge in [-0.05, 0) is 21.6 Å². The van der Waals surface area contributed by atoms with Crippen molar-refractivity contribution in [3.63, 3.8) is 0 Å². The van der Waals surface area contributed by atoms with E-state index in [1.165, 1.54) is 21.6 Å². The SMILES string of the molecule is c1n[nH]nc1-c1n[nH]nc1SSc1n[nH]nc1-c1cn[nH]n1. The lowest BCUT2D eigenvalue weighted by atomic mass is 10.4. The van der Waals surface area contributed by atoms with Crippen molar-refractivity contribution in [2.24, 2.45) is 0 Å². The number of aromatic nitrogens is 12. The molecule has 4 aromatic rings. The average molecular weight is 334 g/mol. The van der Waals surface area contributed by atoms with Crippen molar-refractivity contribution in [1.82, 2.24) is 61.6 Å². The minimum Gasteiger partial charge on any atom is -0.197 e. The topological polar surface area (TPSA) is 166 Å². The maximum Gasteiger partial charge on any atom is 0.159 e. The zero-order valence-electron chi connectivity index (χ0n) is 10.5. The van der Waals surface area contributed by atoms with E-state index in [0.29, 0.717) is 32.8 Å². The van der Waals surface area contributed by atoms with Gasteiger partial charge in [-0.25, -0.2) is 0 Å². The first kappa shape index (κ1) is 13.0. The summed E-state index contributed by atoms with van der Waals surface area (Å²) in [7, 11) is 2.74. The summed E-state index contributed by atoms with van der Waals surface area (Å²) in [6.07, 6.45) is 3.15. The van der Waals surface area contributed by atoms with Crippen LogP contribution in [0.25, 0.3) is 22.8 Å². The van der Waals surface area contributed by atoms with Crippen LogP contribution in [0.2, 0.25) is 0 Å². The fourth-order valence-electron chi connectivity index (χ4n) is 1.60. The summed E-state index contributed by atoms with van der Waals surface area (Å²) in [4.78, 5) is 0. The first-order valence-corrected chi connectivity index (χ1v) is 7.95. The Balaban J connectivity index is 1.55. The van der Waals surface area contributed by atoms with Gasteiger partial charge in [0.2, 0.25) is 0 Å². The number of nitrogens with zero attached hydrogens (tertiary/aromatic N) is 8. The highest BCUT2D eigenvalue weighted by molar-refractivity contribution is 8.76. The van der Waals surface area contributed by atoms with E-state index < -0.39 is 0 Å². The Morgan fingerprint density at radius 3 is 1.50 bits per heavy atom. The van der Waals surface area contributed by atoms with Crippen molar-refractivity contribution >= 4 is 21.6 Å². The third-order valence-corrected chi connectivity index (χ3v) is 4.71. The Hall–Kier alpha value is -2.74. The van der Waals surface area contributed by atoms with Crippen molar-refractivity contribution in [2.45, 2.75) is 10.1 Å². The average Bonchev–Trinajstić information content (AvgIpc) is 3.32. The van der Waals surface area contributed by atoms with Crippen LogP contribution in [0.5, 0.6) is 0 Å². The molecular weight excluding hydrogens is 328 g/mol. The number of aromatic amines is 4. The molecule has 0 aromatic carbocycles. The van der Waals surface area contributed by atoms with Gasteiger partial charge in [-0.15, -0.1) is 10.2 Å². The van der Waals surface area contributed by atoms with E-state index in [0.717, 1.165) is 0 Å². The van der Waals surface area contributed by atoms with E-state index in [1.807, 2.05) is 0 Å². The Kier molecular flexibility index (Phi) is 3.28. The molecule has 0 radical (unpaired) electrons. The maximum atomic E-state index is 4.10. The molecule has 4 heterocycles. The molecule has 14 heteroatoms. The zero-order chi connectivity index (χ0) is 14.8. The predicted octanol–water partition coefficient (Wildman–Crippen LogP) is 0.292. The van der Waals surface area contributed by atoms with Crippen molar-refractivity contribution in [3.05, 3.63) is 12.4 Å². The Labute approximate surface area is 129 Å². The van der Waals surface area contributed by atoms with Gasteiger partial charge < -0.3 is 0 Å². The fourth-order valence-corrected chi connectivity index (χ4v) is 3.55. The summed E-state index contributed by atoms with van der Waals surface area (Å²) in [6, 6.07) is 0. The molecule has 0 saturated carbocycles. The van der Waals surface area contributed by atoms with E-state index in [2.05, 4.69) is 61.6 Å². The number of rotatable bonds is 5. The molecule has 110 valence electrons. The first-order valence-electron chi connectivity index (χ1n) is 5.80. The standard InChI is InChI=1S/C8H6N12S2/c1-3(11-17-9-1)5-7(15-19-13-5)21-22-8-6(14-20-16-8)4-2-10-18-12-4/h1-2H,(H,9,11,17)(H,10,12,18)(H,13,15,19)(H,14,16,20). The smallest absolute Gasteiger partial charge is 0.159 e. The third kappa shape index (κ3) is 2.33. The van der Waals surface area contributed by atoms with Gasteiger partial charge in [0.15, 0.2) is 10.1 Å². The highest BCUT2D eigenvalue weighted by Crippen LogP contribution is 2.41. The number of hydrogen-bond donors (Lipinski definition) is 4. The van der Waals surface area contributed by atoms with E-state index in [-0.39, 0.29) is 0 Å². The van der Waals surface area contributed by atoms with Gasteiger partial charge >= 0.3 is 0 Å². The van der Waals surface area contributed by atoms with Crippen LogP contribution in [-0.4, -0.2) is 61.6 Å². The van der Waals surface area contributed by atoms with Crippen LogP contribution in [0.4, 0.5) is 0 Å². The largest absolute Gasteiger partial charge is 0.197 e. The van der Waals surface area contributed by atoms with Crippen LogP contribution in [-0.2, 0) is 0 Å². The summed E-state index contributed by atoms with van der Waals surface area (Å²) in [5.41, 5.74) is 2.43. The van der Waals surface area contributed by atoms with Crippen LogP contribution in [0.1, 0.15) is 0 Å². The molecule has 0 bridgehead atoms. The molecule has 12 nitrogen and oxygen atoms in total. The lowest BCUT2D eigenvalue weighted by Gasteiger charge is -1.96. The Morgan fingerprint density at radius 1 is 0.591 bits per heavy atom. The summed E-state index contributed by atoms with van der Waals surface area (Å²) < 4.78 is 0. The number of hydrogen-bond acceptors (Lipinski definition) is 10. The Morgan fingerprint density at radius 2 is 1.09 bits per heavy atom. The van der Waals surface area contributed by atoms with Crippen molar-refractivity contribution in [2.75, 3.05) is 0 Å². The van der Waals surface area contributed by atoms with Gasteiger partial charge in [0, 0.05) is 0 Å². The van der Waals surface area contributed by atoms with E-state index in [1.54, 1.807) is 12.4 Å². The molecule has 0 aliphatic rings. The second kappa shape index (κ2) is 5.57. The minimum absolute atomic E-state index is 0.605. The van der Waals surface area contributed by atoms with Crippen LogP contribution < -0.4 is 0 Å².